The molecule has 0 fully saturated rings. The Labute approximate surface area is 144 Å². The number of nitriles is 1. The minimum atomic E-state index is -0.701. The quantitative estimate of drug-likeness (QED) is 0.645. The first-order valence-corrected chi connectivity index (χ1v) is 7.53. The number of ether oxygens (including phenoxy) is 1. The fraction of sp³-hybridized carbons (Fsp3) is 0.111. The molecule has 2 aromatic rings. The van der Waals surface area contributed by atoms with Crippen molar-refractivity contribution in [1.82, 2.24) is 0 Å². The average Bonchev–Trinajstić information content (AvgIpc) is 2.57. The Morgan fingerprint density at radius 3 is 2.75 bits per heavy atom. The smallest absolute Gasteiger partial charge is 0.266 e. The van der Waals surface area contributed by atoms with Gasteiger partial charge in [-0.3, -0.25) is 4.79 Å². The fourth-order valence-electron chi connectivity index (χ4n) is 1.95. The number of carbonyl (C=O) groups is 1. The first-order valence-electron chi connectivity index (χ1n) is 7.15. The molecule has 1 N–H and O–H groups in total. The zero-order valence-corrected chi connectivity index (χ0v) is 13.6. The van der Waals surface area contributed by atoms with Crippen LogP contribution >= 0.6 is 11.6 Å². The summed E-state index contributed by atoms with van der Waals surface area (Å²) in [4.78, 5) is 12.1. The normalized spacial score (nSPS) is 10.8. The second-order valence-corrected chi connectivity index (χ2v) is 5.13. The van der Waals surface area contributed by atoms with E-state index >= 15 is 0 Å². The van der Waals surface area contributed by atoms with Crippen LogP contribution in [0.1, 0.15) is 12.5 Å². The molecule has 122 valence electrons. The van der Waals surface area contributed by atoms with Gasteiger partial charge in [0.05, 0.1) is 17.3 Å². The molecule has 0 unspecified atom stereocenters. The van der Waals surface area contributed by atoms with E-state index in [1.54, 1.807) is 30.3 Å². The van der Waals surface area contributed by atoms with Crippen molar-refractivity contribution in [1.29, 1.82) is 5.26 Å². The number of halogens is 2. The maximum absolute atomic E-state index is 13.6. The minimum Gasteiger partial charge on any atom is -0.492 e. The molecule has 0 aliphatic rings. The van der Waals surface area contributed by atoms with Gasteiger partial charge in [-0.15, -0.1) is 0 Å². The molecular weight excluding hydrogens is 331 g/mol. The van der Waals surface area contributed by atoms with E-state index in [0.717, 1.165) is 0 Å². The summed E-state index contributed by atoms with van der Waals surface area (Å²) in [6.45, 7) is 2.31. The second-order valence-electron chi connectivity index (χ2n) is 4.73. The molecule has 0 bridgehead atoms. The van der Waals surface area contributed by atoms with Gasteiger partial charge in [0.15, 0.2) is 0 Å². The van der Waals surface area contributed by atoms with Gasteiger partial charge in [-0.25, -0.2) is 4.39 Å². The van der Waals surface area contributed by atoms with Crippen LogP contribution in [-0.4, -0.2) is 12.5 Å². The predicted octanol–water partition coefficient (Wildman–Crippen LogP) is 4.42. The highest BCUT2D eigenvalue weighted by Crippen LogP contribution is 2.26. The number of carbonyl (C=O) groups excluding carboxylic acids is 1. The van der Waals surface area contributed by atoms with E-state index in [-0.39, 0.29) is 11.3 Å². The van der Waals surface area contributed by atoms with E-state index in [2.05, 4.69) is 5.32 Å². The summed E-state index contributed by atoms with van der Waals surface area (Å²) in [5.74, 6) is -0.759. The van der Waals surface area contributed by atoms with Crippen molar-refractivity contribution in [2.75, 3.05) is 11.9 Å². The Bertz CT molecular complexity index is 828. The van der Waals surface area contributed by atoms with Crippen molar-refractivity contribution in [3.05, 3.63) is 64.4 Å². The predicted molar refractivity (Wildman–Crippen MR) is 91.2 cm³/mol. The number of hydrogen-bond acceptors (Lipinski definition) is 3. The van der Waals surface area contributed by atoms with Crippen LogP contribution in [0.4, 0.5) is 10.1 Å². The molecule has 0 aliphatic heterocycles. The largest absolute Gasteiger partial charge is 0.492 e. The lowest BCUT2D eigenvalue weighted by atomic mass is 10.1. The first kappa shape index (κ1) is 17.5. The summed E-state index contributed by atoms with van der Waals surface area (Å²) in [5, 5.41) is 11.9. The number of hydrogen-bond donors (Lipinski definition) is 1. The molecular formula is C18H14ClFN2O2. The molecule has 0 saturated heterocycles. The third kappa shape index (κ3) is 4.34. The molecule has 0 atom stereocenters. The summed E-state index contributed by atoms with van der Waals surface area (Å²) < 4.78 is 18.9. The Hall–Kier alpha value is -2.84. The molecule has 0 heterocycles. The molecule has 0 radical (unpaired) electrons. The molecule has 0 saturated carbocycles. The van der Waals surface area contributed by atoms with Crippen LogP contribution in [-0.2, 0) is 4.79 Å². The van der Waals surface area contributed by atoms with Crippen molar-refractivity contribution in [2.24, 2.45) is 0 Å². The Balaban J connectivity index is 2.23. The second kappa shape index (κ2) is 8.14. The number of nitrogens with one attached hydrogen (secondary N) is 1. The lowest BCUT2D eigenvalue weighted by molar-refractivity contribution is -0.112. The highest BCUT2D eigenvalue weighted by Gasteiger charge is 2.12. The van der Waals surface area contributed by atoms with Crippen molar-refractivity contribution in [3.63, 3.8) is 0 Å². The van der Waals surface area contributed by atoms with Gasteiger partial charge in [-0.1, -0.05) is 29.8 Å². The molecule has 6 heteroatoms. The van der Waals surface area contributed by atoms with Crippen LogP contribution < -0.4 is 10.1 Å². The van der Waals surface area contributed by atoms with Crippen LogP contribution in [0.15, 0.2) is 48.0 Å². The molecule has 0 spiro atoms. The van der Waals surface area contributed by atoms with Crippen molar-refractivity contribution < 1.29 is 13.9 Å². The van der Waals surface area contributed by atoms with Gasteiger partial charge in [-0.05, 0) is 42.8 Å². The summed E-state index contributed by atoms with van der Waals surface area (Å²) in [6.07, 6.45) is 1.37. The summed E-state index contributed by atoms with van der Waals surface area (Å²) in [6, 6.07) is 12.4. The minimum absolute atomic E-state index is 0.00776. The standard InChI is InChI=1S/C18H14ClFN2O2/c1-2-24-17-8-7-12(10-14(17)19)9-13(11-21)18(23)22-16-6-4-3-5-15(16)20/h3-10H,2H2,1H3,(H,22,23)/b13-9+. The highest BCUT2D eigenvalue weighted by atomic mass is 35.5. The number of para-hydroxylation sites is 1. The van der Waals surface area contributed by atoms with E-state index in [1.165, 1.54) is 24.3 Å². The number of nitrogens with zero attached hydrogens (tertiary/aromatic N) is 1. The maximum Gasteiger partial charge on any atom is 0.266 e. The average molecular weight is 345 g/mol. The number of anilines is 1. The Morgan fingerprint density at radius 1 is 1.38 bits per heavy atom. The third-order valence-electron chi connectivity index (χ3n) is 3.05. The van der Waals surface area contributed by atoms with E-state index in [9.17, 15) is 14.4 Å². The number of amides is 1. The van der Waals surface area contributed by atoms with E-state index in [1.807, 2.05) is 6.92 Å². The third-order valence-corrected chi connectivity index (χ3v) is 3.35. The van der Waals surface area contributed by atoms with Gasteiger partial charge in [0.2, 0.25) is 0 Å². The van der Waals surface area contributed by atoms with Crippen molar-refractivity contribution >= 4 is 29.3 Å². The van der Waals surface area contributed by atoms with E-state index in [4.69, 9.17) is 16.3 Å². The first-order chi connectivity index (χ1) is 11.5. The Morgan fingerprint density at radius 2 is 2.12 bits per heavy atom. The van der Waals surface area contributed by atoms with Gasteiger partial charge in [0.25, 0.3) is 5.91 Å². The molecule has 4 nitrogen and oxygen atoms in total. The van der Waals surface area contributed by atoms with E-state index in [0.29, 0.717) is 22.9 Å². The van der Waals surface area contributed by atoms with Gasteiger partial charge in [-0.2, -0.15) is 5.26 Å². The van der Waals surface area contributed by atoms with Crippen molar-refractivity contribution in [2.45, 2.75) is 6.92 Å². The molecule has 1 amide bonds. The lowest BCUT2D eigenvalue weighted by Crippen LogP contribution is -2.14. The number of rotatable bonds is 5. The fourth-order valence-corrected chi connectivity index (χ4v) is 2.19. The summed E-state index contributed by atoms with van der Waals surface area (Å²) in [7, 11) is 0. The highest BCUT2D eigenvalue weighted by molar-refractivity contribution is 6.32. The zero-order chi connectivity index (χ0) is 17.5. The lowest BCUT2D eigenvalue weighted by Gasteiger charge is -2.07. The molecule has 24 heavy (non-hydrogen) atoms. The monoisotopic (exact) mass is 344 g/mol. The SMILES string of the molecule is CCOc1ccc(/C=C(\C#N)C(=O)Nc2ccccc2F)cc1Cl. The molecule has 0 aliphatic carbocycles. The number of benzene rings is 2. The molecule has 2 rings (SSSR count). The van der Waals surface area contributed by atoms with Crippen LogP contribution in [0.5, 0.6) is 5.75 Å². The maximum atomic E-state index is 13.6. The van der Waals surface area contributed by atoms with Crippen LogP contribution in [0.3, 0.4) is 0 Å². The van der Waals surface area contributed by atoms with Crippen LogP contribution in [0.25, 0.3) is 6.08 Å². The zero-order valence-electron chi connectivity index (χ0n) is 12.8. The van der Waals surface area contributed by atoms with Crippen LogP contribution in [0, 0.1) is 17.1 Å². The Kier molecular flexibility index (Phi) is 5.94. The topological polar surface area (TPSA) is 62.1 Å². The van der Waals surface area contributed by atoms with Gasteiger partial charge >= 0.3 is 0 Å². The summed E-state index contributed by atoms with van der Waals surface area (Å²) in [5.41, 5.74) is 0.399. The van der Waals surface area contributed by atoms with Gasteiger partial charge in [0.1, 0.15) is 23.2 Å². The molecule has 2 aromatic carbocycles. The van der Waals surface area contributed by atoms with Gasteiger partial charge in [0, 0.05) is 0 Å². The van der Waals surface area contributed by atoms with Gasteiger partial charge < -0.3 is 10.1 Å². The summed E-state index contributed by atoms with van der Waals surface area (Å²) >= 11 is 6.08. The van der Waals surface area contributed by atoms with Crippen LogP contribution in [0.2, 0.25) is 5.02 Å². The molecule has 0 aromatic heterocycles. The van der Waals surface area contributed by atoms with Crippen molar-refractivity contribution in [3.8, 4) is 11.8 Å². The van der Waals surface area contributed by atoms with E-state index < -0.39 is 11.7 Å².